The molecule has 1 saturated heterocycles. The number of nitrogens with one attached hydrogen (secondary N) is 1. The van der Waals surface area contributed by atoms with Gasteiger partial charge in [0.25, 0.3) is 0 Å². The normalized spacial score (nSPS) is 20.9. The lowest BCUT2D eigenvalue weighted by molar-refractivity contribution is -0.302. The van der Waals surface area contributed by atoms with Gasteiger partial charge in [-0.15, -0.1) is 0 Å². The number of aliphatic hydroxyl groups is 5. The van der Waals surface area contributed by atoms with Crippen molar-refractivity contribution in [1.29, 1.82) is 0 Å². The number of hydrogen-bond acceptors (Lipinski definition) is 8. The summed E-state index contributed by atoms with van der Waals surface area (Å²) in [6, 6.07) is -0.711. The van der Waals surface area contributed by atoms with Crippen LogP contribution < -0.4 is 5.32 Å². The Bertz CT molecular complexity index is 862. The number of carbonyl (C=O) groups is 1. The first-order chi connectivity index (χ1) is 27.8. The van der Waals surface area contributed by atoms with Crippen LogP contribution in [0.25, 0.3) is 0 Å². The van der Waals surface area contributed by atoms with Crippen molar-refractivity contribution in [3.63, 3.8) is 0 Å². The molecule has 57 heavy (non-hydrogen) atoms. The Hall–Kier alpha value is -0.810. The third-order valence-corrected chi connectivity index (χ3v) is 12.2. The van der Waals surface area contributed by atoms with Crippen LogP contribution in [0, 0.1) is 0 Å². The minimum absolute atomic E-state index is 0.132. The summed E-state index contributed by atoms with van der Waals surface area (Å²) in [5.41, 5.74) is 0. The number of rotatable bonds is 42. The van der Waals surface area contributed by atoms with Crippen LogP contribution in [0.1, 0.15) is 245 Å². The molecule has 0 bridgehead atoms. The number of unbranched alkanes of at least 4 members (excludes halogenated alkanes) is 32. The summed E-state index contributed by atoms with van der Waals surface area (Å²) >= 11 is 0. The maximum Gasteiger partial charge on any atom is 0.220 e. The molecule has 1 amide bonds. The topological polar surface area (TPSA) is 149 Å². The second kappa shape index (κ2) is 39.3. The van der Waals surface area contributed by atoms with E-state index in [0.29, 0.717) is 12.8 Å². The van der Waals surface area contributed by atoms with E-state index in [1.54, 1.807) is 0 Å². The summed E-state index contributed by atoms with van der Waals surface area (Å²) in [6.45, 7) is 3.85. The van der Waals surface area contributed by atoms with Gasteiger partial charge in [-0.3, -0.25) is 4.79 Å². The molecule has 0 spiro atoms. The molecule has 9 nitrogen and oxygen atoms in total. The molecule has 1 heterocycles. The fourth-order valence-electron chi connectivity index (χ4n) is 8.22. The molecule has 0 saturated carbocycles. The SMILES string of the molecule is CCCCCCCCCCCCCCCCCCCCCCCC(=O)N[C@@H](CO[C@H]1O[C@@H](CO)[C@H](O)C(O)C1O)[C@H](O)CCCCCCCCCCCCCCC. The fraction of sp³-hybridized carbons (Fsp3) is 0.979. The maximum atomic E-state index is 13.0. The molecule has 340 valence electrons. The second-order valence-corrected chi connectivity index (χ2v) is 17.6. The zero-order valence-electron chi connectivity index (χ0n) is 37.4. The zero-order chi connectivity index (χ0) is 41.6. The molecule has 1 fully saturated rings. The van der Waals surface area contributed by atoms with E-state index in [2.05, 4.69) is 19.2 Å². The molecule has 0 radical (unpaired) electrons. The van der Waals surface area contributed by atoms with Gasteiger partial charge in [-0.25, -0.2) is 0 Å². The fourth-order valence-corrected chi connectivity index (χ4v) is 8.22. The Morgan fingerprint density at radius 1 is 0.526 bits per heavy atom. The quantitative estimate of drug-likeness (QED) is 0.0334. The largest absolute Gasteiger partial charge is 0.394 e. The summed E-state index contributed by atoms with van der Waals surface area (Å²) in [5.74, 6) is -0.139. The van der Waals surface area contributed by atoms with E-state index in [1.807, 2.05) is 0 Å². The van der Waals surface area contributed by atoms with Crippen molar-refractivity contribution in [2.75, 3.05) is 13.2 Å². The highest BCUT2D eigenvalue weighted by molar-refractivity contribution is 5.76. The van der Waals surface area contributed by atoms with Crippen molar-refractivity contribution in [2.24, 2.45) is 0 Å². The van der Waals surface area contributed by atoms with Crippen LogP contribution in [-0.4, -0.2) is 87.5 Å². The van der Waals surface area contributed by atoms with Crippen LogP contribution in [-0.2, 0) is 14.3 Å². The average molecular weight is 814 g/mol. The van der Waals surface area contributed by atoms with Crippen LogP contribution in [0.5, 0.6) is 0 Å². The van der Waals surface area contributed by atoms with E-state index in [1.165, 1.54) is 180 Å². The smallest absolute Gasteiger partial charge is 0.220 e. The molecule has 0 aromatic carbocycles. The lowest BCUT2D eigenvalue weighted by Crippen LogP contribution is -2.60. The number of carbonyl (C=O) groups excluding carboxylic acids is 1. The first-order valence-corrected chi connectivity index (χ1v) is 24.7. The Kier molecular flexibility index (Phi) is 37.4. The van der Waals surface area contributed by atoms with Crippen molar-refractivity contribution in [3.8, 4) is 0 Å². The van der Waals surface area contributed by atoms with E-state index >= 15 is 0 Å². The van der Waals surface area contributed by atoms with Crippen LogP contribution >= 0.6 is 0 Å². The molecule has 0 aliphatic carbocycles. The van der Waals surface area contributed by atoms with Gasteiger partial charge in [0.05, 0.1) is 25.4 Å². The van der Waals surface area contributed by atoms with Gasteiger partial charge in [-0.2, -0.15) is 0 Å². The van der Waals surface area contributed by atoms with Gasteiger partial charge < -0.3 is 40.3 Å². The van der Waals surface area contributed by atoms with Crippen molar-refractivity contribution < 1.29 is 39.8 Å². The highest BCUT2D eigenvalue weighted by atomic mass is 16.7. The van der Waals surface area contributed by atoms with Gasteiger partial charge in [0.1, 0.15) is 24.4 Å². The van der Waals surface area contributed by atoms with E-state index in [-0.39, 0.29) is 12.5 Å². The molecule has 1 aliphatic heterocycles. The Morgan fingerprint density at radius 3 is 1.25 bits per heavy atom. The molecule has 6 N–H and O–H groups in total. The predicted octanol–water partition coefficient (Wildman–Crippen LogP) is 10.7. The van der Waals surface area contributed by atoms with Gasteiger partial charge in [0.15, 0.2) is 6.29 Å². The molecule has 0 aromatic rings. The number of ether oxygens (including phenoxy) is 2. The van der Waals surface area contributed by atoms with E-state index < -0.39 is 49.5 Å². The number of amides is 1. The lowest BCUT2D eigenvalue weighted by Gasteiger charge is -2.40. The highest BCUT2D eigenvalue weighted by Gasteiger charge is 2.44. The van der Waals surface area contributed by atoms with E-state index in [0.717, 1.165) is 38.5 Å². The molecule has 2 unspecified atom stereocenters. The summed E-state index contributed by atoms with van der Waals surface area (Å²) in [6.07, 6.45) is 36.8. The van der Waals surface area contributed by atoms with Gasteiger partial charge in [-0.1, -0.05) is 226 Å². The van der Waals surface area contributed by atoms with Gasteiger partial charge in [-0.05, 0) is 12.8 Å². The molecule has 1 rings (SSSR count). The number of hydrogen-bond donors (Lipinski definition) is 6. The molecule has 9 heteroatoms. The Labute approximate surface area is 351 Å². The van der Waals surface area contributed by atoms with Crippen LogP contribution in [0.3, 0.4) is 0 Å². The maximum absolute atomic E-state index is 13.0. The Morgan fingerprint density at radius 2 is 0.877 bits per heavy atom. The summed E-state index contributed by atoms with van der Waals surface area (Å²) in [7, 11) is 0. The minimum Gasteiger partial charge on any atom is -0.394 e. The zero-order valence-corrected chi connectivity index (χ0v) is 37.4. The van der Waals surface area contributed by atoms with Crippen LogP contribution in [0.2, 0.25) is 0 Å². The lowest BCUT2D eigenvalue weighted by atomic mass is 9.99. The summed E-state index contributed by atoms with van der Waals surface area (Å²) in [5, 5.41) is 54.4. The summed E-state index contributed by atoms with van der Waals surface area (Å²) in [4.78, 5) is 13.0. The van der Waals surface area contributed by atoms with Gasteiger partial charge in [0.2, 0.25) is 5.91 Å². The first kappa shape index (κ1) is 54.2. The third kappa shape index (κ3) is 30.0. The Balaban J connectivity index is 2.24. The molecule has 0 aromatic heterocycles. The predicted molar refractivity (Wildman–Crippen MR) is 235 cm³/mol. The average Bonchev–Trinajstić information content (AvgIpc) is 3.21. The standard InChI is InChI=1S/C48H95NO8/c1-3-5-7-9-11-13-15-17-18-19-20-21-22-23-24-26-28-30-32-34-36-38-44(52)49-41(40-56-48-47(55)46(54)45(53)43(39-50)57-48)42(51)37-35-33-31-29-27-25-16-14-12-10-8-6-4-2/h41-43,45-48,50-51,53-55H,3-40H2,1-2H3,(H,49,52)/t41-,42+,43-,45-,46?,47?,48-/m0/s1. The van der Waals surface area contributed by atoms with Crippen molar-refractivity contribution in [2.45, 2.75) is 288 Å². The monoisotopic (exact) mass is 814 g/mol. The molecular weight excluding hydrogens is 719 g/mol. The molecule has 1 aliphatic rings. The van der Waals surface area contributed by atoms with E-state index in [9.17, 15) is 30.3 Å². The minimum atomic E-state index is -1.55. The van der Waals surface area contributed by atoms with Crippen molar-refractivity contribution in [3.05, 3.63) is 0 Å². The third-order valence-electron chi connectivity index (χ3n) is 12.2. The summed E-state index contributed by atoms with van der Waals surface area (Å²) < 4.78 is 11.3. The first-order valence-electron chi connectivity index (χ1n) is 24.7. The van der Waals surface area contributed by atoms with Crippen molar-refractivity contribution >= 4 is 5.91 Å². The second-order valence-electron chi connectivity index (χ2n) is 17.6. The molecule has 7 atom stereocenters. The van der Waals surface area contributed by atoms with Crippen LogP contribution in [0.15, 0.2) is 0 Å². The molecular formula is C48H95NO8. The van der Waals surface area contributed by atoms with E-state index in [4.69, 9.17) is 9.47 Å². The number of aliphatic hydroxyl groups excluding tert-OH is 5. The highest BCUT2D eigenvalue weighted by Crippen LogP contribution is 2.23. The van der Waals surface area contributed by atoms with Gasteiger partial charge in [0, 0.05) is 6.42 Å². The van der Waals surface area contributed by atoms with Crippen LogP contribution in [0.4, 0.5) is 0 Å². The van der Waals surface area contributed by atoms with Crippen molar-refractivity contribution in [1.82, 2.24) is 5.32 Å². The van der Waals surface area contributed by atoms with Gasteiger partial charge >= 0.3 is 0 Å².